The van der Waals surface area contributed by atoms with Crippen molar-refractivity contribution >= 4 is 0 Å². The Kier molecular flexibility index (Phi) is 3.83. The molecule has 0 unspecified atom stereocenters. The van der Waals surface area contributed by atoms with Gasteiger partial charge in [-0.1, -0.05) is 18.6 Å². The van der Waals surface area contributed by atoms with Crippen LogP contribution in [0.3, 0.4) is 0 Å². The molecule has 1 aliphatic carbocycles. The van der Waals surface area contributed by atoms with Crippen molar-refractivity contribution in [2.75, 3.05) is 13.7 Å². The van der Waals surface area contributed by atoms with Crippen molar-refractivity contribution in [1.29, 1.82) is 0 Å². The summed E-state index contributed by atoms with van der Waals surface area (Å²) in [4.78, 5) is 0. The number of benzene rings is 1. The maximum absolute atomic E-state index is 5.32. The van der Waals surface area contributed by atoms with Crippen LogP contribution in [0.2, 0.25) is 0 Å². The molecule has 0 heterocycles. The highest BCUT2D eigenvalue weighted by atomic mass is 16.5. The predicted molar refractivity (Wildman–Crippen MR) is 67.1 cm³/mol. The third kappa shape index (κ3) is 2.76. The van der Waals surface area contributed by atoms with Gasteiger partial charge in [-0.05, 0) is 49.9 Å². The van der Waals surface area contributed by atoms with E-state index < -0.39 is 0 Å². The molecule has 1 aliphatic rings. The minimum Gasteiger partial charge on any atom is -0.496 e. The quantitative estimate of drug-likeness (QED) is 0.822. The van der Waals surface area contributed by atoms with Crippen molar-refractivity contribution in [2.45, 2.75) is 38.6 Å². The van der Waals surface area contributed by atoms with Gasteiger partial charge >= 0.3 is 0 Å². The first-order valence-electron chi connectivity index (χ1n) is 6.16. The number of hydrogen-bond donors (Lipinski definition) is 1. The van der Waals surface area contributed by atoms with E-state index >= 15 is 0 Å². The van der Waals surface area contributed by atoms with Gasteiger partial charge in [-0.15, -0.1) is 0 Å². The van der Waals surface area contributed by atoms with Crippen LogP contribution in [0, 0.1) is 6.92 Å². The molecule has 1 aromatic rings. The van der Waals surface area contributed by atoms with Crippen LogP contribution in [0.15, 0.2) is 18.2 Å². The van der Waals surface area contributed by atoms with Crippen LogP contribution in [0.5, 0.6) is 5.75 Å². The van der Waals surface area contributed by atoms with E-state index in [4.69, 9.17) is 4.74 Å². The molecular formula is C14H21NO. The molecule has 0 radical (unpaired) electrons. The summed E-state index contributed by atoms with van der Waals surface area (Å²) in [6.07, 6.45) is 5.21. The molecule has 0 amide bonds. The first-order valence-corrected chi connectivity index (χ1v) is 6.16. The van der Waals surface area contributed by atoms with Gasteiger partial charge < -0.3 is 10.1 Å². The number of rotatable bonds is 5. The lowest BCUT2D eigenvalue weighted by molar-refractivity contribution is 0.342. The average molecular weight is 219 g/mol. The zero-order valence-electron chi connectivity index (χ0n) is 10.3. The Morgan fingerprint density at radius 2 is 2.19 bits per heavy atom. The van der Waals surface area contributed by atoms with Crippen LogP contribution in [0.1, 0.15) is 30.4 Å². The zero-order chi connectivity index (χ0) is 11.4. The van der Waals surface area contributed by atoms with E-state index in [9.17, 15) is 0 Å². The van der Waals surface area contributed by atoms with Gasteiger partial charge in [0.2, 0.25) is 0 Å². The molecule has 2 nitrogen and oxygen atoms in total. The first-order chi connectivity index (χ1) is 7.79. The number of ether oxygens (including phenoxy) is 1. The minimum absolute atomic E-state index is 0.785. The molecule has 88 valence electrons. The second-order valence-electron chi connectivity index (χ2n) is 4.64. The summed E-state index contributed by atoms with van der Waals surface area (Å²) in [5.41, 5.74) is 2.56. The second-order valence-corrected chi connectivity index (χ2v) is 4.64. The Morgan fingerprint density at radius 3 is 2.81 bits per heavy atom. The maximum atomic E-state index is 5.32. The average Bonchev–Trinajstić information content (AvgIpc) is 2.24. The van der Waals surface area contributed by atoms with Gasteiger partial charge in [0.05, 0.1) is 7.11 Å². The maximum Gasteiger partial charge on any atom is 0.122 e. The largest absolute Gasteiger partial charge is 0.496 e. The van der Waals surface area contributed by atoms with E-state index in [0.717, 1.165) is 24.8 Å². The smallest absolute Gasteiger partial charge is 0.122 e. The van der Waals surface area contributed by atoms with Crippen molar-refractivity contribution in [1.82, 2.24) is 5.32 Å². The van der Waals surface area contributed by atoms with E-state index in [-0.39, 0.29) is 0 Å². The summed E-state index contributed by atoms with van der Waals surface area (Å²) in [5.74, 6) is 1.00. The highest BCUT2D eigenvalue weighted by molar-refractivity contribution is 5.36. The Hall–Kier alpha value is -1.02. The van der Waals surface area contributed by atoms with E-state index in [0.29, 0.717) is 0 Å². The summed E-state index contributed by atoms with van der Waals surface area (Å²) in [6.45, 7) is 3.16. The third-order valence-electron chi connectivity index (χ3n) is 3.42. The van der Waals surface area contributed by atoms with Crippen LogP contribution in [0.4, 0.5) is 0 Å². The lowest BCUT2D eigenvalue weighted by Gasteiger charge is -2.26. The lowest BCUT2D eigenvalue weighted by Crippen LogP contribution is -2.36. The molecule has 1 fully saturated rings. The van der Waals surface area contributed by atoms with Crippen molar-refractivity contribution < 1.29 is 4.74 Å². The zero-order valence-corrected chi connectivity index (χ0v) is 10.3. The standard InChI is InChI=1S/C14H21NO/c1-11-6-7-12(10-14(11)16-2)8-9-15-13-4-3-5-13/h6-7,10,13,15H,3-5,8-9H2,1-2H3. The first kappa shape index (κ1) is 11.5. The van der Waals surface area contributed by atoms with Crippen LogP contribution < -0.4 is 10.1 Å². The summed E-state index contributed by atoms with van der Waals surface area (Å²) in [7, 11) is 1.73. The highest BCUT2D eigenvalue weighted by Gasteiger charge is 2.15. The van der Waals surface area contributed by atoms with Crippen molar-refractivity contribution in [2.24, 2.45) is 0 Å². The molecule has 0 aliphatic heterocycles. The summed E-state index contributed by atoms with van der Waals surface area (Å²) in [6, 6.07) is 7.27. The second kappa shape index (κ2) is 5.35. The number of methoxy groups -OCH3 is 1. The lowest BCUT2D eigenvalue weighted by atomic mass is 9.93. The number of nitrogens with one attached hydrogen (secondary N) is 1. The van der Waals surface area contributed by atoms with Gasteiger partial charge in [0.1, 0.15) is 5.75 Å². The van der Waals surface area contributed by atoms with E-state index in [1.807, 2.05) is 0 Å². The molecule has 0 bridgehead atoms. The molecule has 2 heteroatoms. The molecule has 16 heavy (non-hydrogen) atoms. The molecule has 1 saturated carbocycles. The number of hydrogen-bond acceptors (Lipinski definition) is 2. The van der Waals surface area contributed by atoms with Crippen LogP contribution in [-0.2, 0) is 6.42 Å². The Balaban J connectivity index is 1.83. The van der Waals surface area contributed by atoms with Crippen LogP contribution >= 0.6 is 0 Å². The van der Waals surface area contributed by atoms with Gasteiger partial charge in [0, 0.05) is 6.04 Å². The molecule has 0 aromatic heterocycles. The molecule has 0 atom stereocenters. The molecule has 0 spiro atoms. The topological polar surface area (TPSA) is 21.3 Å². The molecule has 0 saturated heterocycles. The van der Waals surface area contributed by atoms with Gasteiger partial charge in [-0.3, -0.25) is 0 Å². The SMILES string of the molecule is COc1cc(CCNC2CCC2)ccc1C. The fourth-order valence-corrected chi connectivity index (χ4v) is 2.05. The van der Waals surface area contributed by atoms with Crippen molar-refractivity contribution in [3.8, 4) is 5.75 Å². The Morgan fingerprint density at radius 1 is 1.38 bits per heavy atom. The van der Waals surface area contributed by atoms with Crippen molar-refractivity contribution in [3.63, 3.8) is 0 Å². The third-order valence-corrected chi connectivity index (χ3v) is 3.42. The monoisotopic (exact) mass is 219 g/mol. The van der Waals surface area contributed by atoms with Crippen LogP contribution in [-0.4, -0.2) is 19.7 Å². The van der Waals surface area contributed by atoms with Crippen molar-refractivity contribution in [3.05, 3.63) is 29.3 Å². The fraction of sp³-hybridized carbons (Fsp3) is 0.571. The van der Waals surface area contributed by atoms with E-state index in [2.05, 4.69) is 30.4 Å². The Bertz CT molecular complexity index is 345. The van der Waals surface area contributed by atoms with E-state index in [1.165, 1.54) is 30.4 Å². The Labute approximate surface area is 98.0 Å². The van der Waals surface area contributed by atoms with Crippen LogP contribution in [0.25, 0.3) is 0 Å². The minimum atomic E-state index is 0.785. The summed E-state index contributed by atoms with van der Waals surface area (Å²) in [5, 5.41) is 3.58. The van der Waals surface area contributed by atoms with Gasteiger partial charge in [0.15, 0.2) is 0 Å². The van der Waals surface area contributed by atoms with Gasteiger partial charge in [0.25, 0.3) is 0 Å². The van der Waals surface area contributed by atoms with E-state index in [1.54, 1.807) is 7.11 Å². The van der Waals surface area contributed by atoms with Gasteiger partial charge in [-0.25, -0.2) is 0 Å². The molecular weight excluding hydrogens is 198 g/mol. The summed E-state index contributed by atoms with van der Waals surface area (Å²) >= 11 is 0. The fourth-order valence-electron chi connectivity index (χ4n) is 2.05. The normalized spacial score (nSPS) is 15.9. The molecule has 1 N–H and O–H groups in total. The van der Waals surface area contributed by atoms with Gasteiger partial charge in [-0.2, -0.15) is 0 Å². The highest BCUT2D eigenvalue weighted by Crippen LogP contribution is 2.20. The predicted octanol–water partition coefficient (Wildman–Crippen LogP) is 2.69. The number of aryl methyl sites for hydroxylation is 1. The molecule has 1 aromatic carbocycles. The molecule has 2 rings (SSSR count). The summed E-state index contributed by atoms with van der Waals surface area (Å²) < 4.78 is 5.32.